The molecule has 0 unspecified atom stereocenters. The topological polar surface area (TPSA) is 0 Å². The number of benzene rings is 8. The normalized spacial score (nSPS) is 24.5. The molecule has 0 radical (unpaired) electrons. The molecule has 4 saturated carbocycles. The molecule has 0 atom stereocenters. The molecule has 0 amide bonds. The second kappa shape index (κ2) is 9.95. The van der Waals surface area contributed by atoms with E-state index in [-0.39, 0.29) is 5.41 Å². The van der Waals surface area contributed by atoms with Crippen LogP contribution in [0.25, 0.3) is 76.5 Å². The molecule has 0 aromatic heterocycles. The molecule has 0 saturated heterocycles. The number of fused-ring (bicyclic) bond motifs is 7. The van der Waals surface area contributed by atoms with Gasteiger partial charge in [0, 0.05) is 5.41 Å². The summed E-state index contributed by atoms with van der Waals surface area (Å²) >= 11 is 0. The molecule has 0 aliphatic heterocycles. The van der Waals surface area contributed by atoms with Gasteiger partial charge in [-0.15, -0.1) is 0 Å². The molecule has 5 aliphatic rings. The van der Waals surface area contributed by atoms with Gasteiger partial charge < -0.3 is 0 Å². The lowest BCUT2D eigenvalue weighted by atomic mass is 9.43. The minimum Gasteiger partial charge on any atom is -0.0616 e. The van der Waals surface area contributed by atoms with Crippen molar-refractivity contribution in [2.75, 3.05) is 0 Å². The van der Waals surface area contributed by atoms with Gasteiger partial charge in [-0.25, -0.2) is 0 Å². The summed E-state index contributed by atoms with van der Waals surface area (Å²) in [5, 5.41) is 10.7. The maximum absolute atomic E-state index is 2.63. The fourth-order valence-electron chi connectivity index (χ4n) is 12.2. The smallest absolute Gasteiger partial charge is 0.0272 e. The second-order valence-electron chi connectivity index (χ2n) is 16.0. The van der Waals surface area contributed by atoms with Crippen molar-refractivity contribution in [3.8, 4) is 33.4 Å². The van der Waals surface area contributed by atoms with Crippen LogP contribution >= 0.6 is 0 Å². The first kappa shape index (κ1) is 27.6. The molecule has 1 spiro atoms. The zero-order valence-electron chi connectivity index (χ0n) is 28.2. The molecular weight excluding hydrogens is 601 g/mol. The number of hydrogen-bond acceptors (Lipinski definition) is 0. The maximum atomic E-state index is 2.63. The summed E-state index contributed by atoms with van der Waals surface area (Å²) in [6, 6.07) is 55.9. The van der Waals surface area contributed by atoms with Crippen molar-refractivity contribution in [2.45, 2.75) is 37.5 Å². The summed E-state index contributed by atoms with van der Waals surface area (Å²) in [4.78, 5) is 0. The molecule has 238 valence electrons. The third-order valence-electron chi connectivity index (χ3n) is 13.8. The Labute approximate surface area is 293 Å². The van der Waals surface area contributed by atoms with Gasteiger partial charge in [-0.3, -0.25) is 0 Å². The van der Waals surface area contributed by atoms with E-state index in [0.717, 1.165) is 23.7 Å². The highest BCUT2D eigenvalue weighted by Gasteiger charge is 2.61. The van der Waals surface area contributed by atoms with E-state index >= 15 is 0 Å². The maximum Gasteiger partial charge on any atom is 0.0272 e. The fourth-order valence-corrected chi connectivity index (χ4v) is 12.2. The van der Waals surface area contributed by atoms with Crippen LogP contribution in [-0.2, 0) is 5.41 Å². The van der Waals surface area contributed by atoms with Crippen molar-refractivity contribution in [1.82, 2.24) is 0 Å². The van der Waals surface area contributed by atoms with Crippen LogP contribution in [0.4, 0.5) is 0 Å². The van der Waals surface area contributed by atoms with Crippen molar-refractivity contribution >= 4 is 43.1 Å². The molecule has 50 heavy (non-hydrogen) atoms. The van der Waals surface area contributed by atoms with Gasteiger partial charge in [0.15, 0.2) is 0 Å². The predicted octanol–water partition coefficient (Wildman–Crippen LogP) is 13.4. The molecule has 0 heterocycles. The Morgan fingerprint density at radius 2 is 0.900 bits per heavy atom. The Morgan fingerprint density at radius 3 is 1.54 bits per heavy atom. The first-order valence-corrected chi connectivity index (χ1v) is 18.9. The Bertz CT molecular complexity index is 2640. The van der Waals surface area contributed by atoms with Crippen LogP contribution < -0.4 is 0 Å². The fraction of sp³-hybridized carbons (Fsp3) is 0.200. The van der Waals surface area contributed by atoms with Crippen molar-refractivity contribution < 1.29 is 0 Å². The quantitative estimate of drug-likeness (QED) is 0.165. The van der Waals surface area contributed by atoms with Crippen LogP contribution in [0.3, 0.4) is 0 Å². The monoisotopic (exact) mass is 638 g/mol. The van der Waals surface area contributed by atoms with Gasteiger partial charge in [-0.1, -0.05) is 127 Å². The molecular formula is C50H38. The lowest BCUT2D eigenvalue weighted by Crippen LogP contribution is -2.55. The average Bonchev–Trinajstić information content (AvgIpc) is 3.44. The predicted molar refractivity (Wildman–Crippen MR) is 211 cm³/mol. The number of hydrogen-bond donors (Lipinski definition) is 0. The van der Waals surface area contributed by atoms with Gasteiger partial charge in [-0.2, -0.15) is 0 Å². The highest BCUT2D eigenvalue weighted by molar-refractivity contribution is 6.23. The van der Waals surface area contributed by atoms with Crippen LogP contribution in [-0.4, -0.2) is 0 Å². The van der Waals surface area contributed by atoms with Gasteiger partial charge in [0.2, 0.25) is 0 Å². The molecule has 8 aromatic rings. The van der Waals surface area contributed by atoms with Crippen LogP contribution in [0.2, 0.25) is 0 Å². The van der Waals surface area contributed by atoms with E-state index < -0.39 is 0 Å². The Hall–Kier alpha value is -5.20. The summed E-state index contributed by atoms with van der Waals surface area (Å²) in [5.74, 6) is 3.32. The molecule has 0 nitrogen and oxygen atoms in total. The van der Waals surface area contributed by atoms with E-state index in [0.29, 0.717) is 0 Å². The summed E-state index contributed by atoms with van der Waals surface area (Å²) in [6.07, 6.45) is 7.07. The van der Waals surface area contributed by atoms with E-state index in [4.69, 9.17) is 0 Å². The zero-order chi connectivity index (χ0) is 32.6. The summed E-state index contributed by atoms with van der Waals surface area (Å²) in [7, 11) is 0. The number of rotatable bonds is 2. The van der Waals surface area contributed by atoms with E-state index in [2.05, 4.69) is 146 Å². The third-order valence-corrected chi connectivity index (χ3v) is 13.8. The van der Waals surface area contributed by atoms with Crippen LogP contribution in [0.5, 0.6) is 0 Å². The minimum atomic E-state index is 0.120. The molecule has 8 aromatic carbocycles. The van der Waals surface area contributed by atoms with Crippen molar-refractivity contribution in [3.05, 3.63) is 157 Å². The largest absolute Gasteiger partial charge is 0.0616 e. The van der Waals surface area contributed by atoms with Gasteiger partial charge >= 0.3 is 0 Å². The lowest BCUT2D eigenvalue weighted by molar-refractivity contribution is -0.0398. The lowest BCUT2D eigenvalue weighted by Gasteiger charge is -2.61. The Balaban J connectivity index is 1.19. The Kier molecular flexibility index (Phi) is 5.49. The van der Waals surface area contributed by atoms with Crippen LogP contribution in [0.1, 0.15) is 43.2 Å². The van der Waals surface area contributed by atoms with Crippen molar-refractivity contribution in [2.24, 2.45) is 23.7 Å². The Morgan fingerprint density at radius 1 is 0.360 bits per heavy atom. The molecule has 13 rings (SSSR count). The van der Waals surface area contributed by atoms with Crippen molar-refractivity contribution in [3.63, 3.8) is 0 Å². The standard InChI is InChI=1S/C50H38/c1-2-11-33-27-36(21-20-32(33)10-1)47-39-14-5-7-16-41(39)48(42-17-8-6-15-40(42)47)43-18-9-19-45-49(43)44-28-34-12-3-4-13-35(34)29-46(44)50(45)37-23-30-22-31(25-37)26-38(50)24-30/h1-21,27-31,37-38H,22-26H2. The first-order valence-electron chi connectivity index (χ1n) is 18.9. The van der Waals surface area contributed by atoms with E-state index in [1.165, 1.54) is 109 Å². The summed E-state index contributed by atoms with van der Waals surface area (Å²) in [6.45, 7) is 0. The molecule has 4 fully saturated rings. The van der Waals surface area contributed by atoms with Gasteiger partial charge in [-0.05, 0) is 162 Å². The van der Waals surface area contributed by atoms with Gasteiger partial charge in [0.1, 0.15) is 0 Å². The van der Waals surface area contributed by atoms with Gasteiger partial charge in [0.25, 0.3) is 0 Å². The summed E-state index contributed by atoms with van der Waals surface area (Å²) < 4.78 is 0. The SMILES string of the molecule is c1cc(-c2c3ccccc3c(-c3ccc4ccccc4c3)c3ccccc23)c2c(c1)C1(c3cc4ccccc4cc3-2)C2CC3CC(C2)CC1C3. The molecule has 5 aliphatic carbocycles. The van der Waals surface area contributed by atoms with E-state index in [1.54, 1.807) is 11.1 Å². The van der Waals surface area contributed by atoms with Crippen molar-refractivity contribution in [1.29, 1.82) is 0 Å². The zero-order valence-corrected chi connectivity index (χ0v) is 28.2. The van der Waals surface area contributed by atoms with Crippen LogP contribution in [0, 0.1) is 23.7 Å². The highest BCUT2D eigenvalue weighted by Crippen LogP contribution is 2.70. The second-order valence-corrected chi connectivity index (χ2v) is 16.0. The molecule has 0 N–H and O–H groups in total. The summed E-state index contributed by atoms with van der Waals surface area (Å²) in [5.41, 5.74) is 11.8. The van der Waals surface area contributed by atoms with Crippen LogP contribution in [0.15, 0.2) is 146 Å². The minimum absolute atomic E-state index is 0.120. The average molecular weight is 639 g/mol. The third kappa shape index (κ3) is 3.52. The molecule has 4 bridgehead atoms. The van der Waals surface area contributed by atoms with E-state index in [9.17, 15) is 0 Å². The molecule has 0 heteroatoms. The van der Waals surface area contributed by atoms with E-state index in [1.807, 2.05) is 0 Å². The highest BCUT2D eigenvalue weighted by atomic mass is 14.6. The van der Waals surface area contributed by atoms with Gasteiger partial charge in [0.05, 0.1) is 0 Å². The first-order chi connectivity index (χ1) is 24.8.